The van der Waals surface area contributed by atoms with Gasteiger partial charge in [-0.25, -0.2) is 0 Å². The van der Waals surface area contributed by atoms with E-state index < -0.39 is 0 Å². The van der Waals surface area contributed by atoms with Gasteiger partial charge in [0, 0.05) is 19.2 Å². The number of carbonyl (C=O) groups excluding carboxylic acids is 1. The van der Waals surface area contributed by atoms with Gasteiger partial charge in [0.05, 0.1) is 0 Å². The van der Waals surface area contributed by atoms with E-state index in [-0.39, 0.29) is 5.91 Å². The molecule has 0 saturated carbocycles. The molecule has 0 atom stereocenters. The summed E-state index contributed by atoms with van der Waals surface area (Å²) in [5.74, 6) is 0.206. The maximum atomic E-state index is 11.8. The van der Waals surface area contributed by atoms with Crippen LogP contribution in [0.15, 0.2) is 24.3 Å². The fourth-order valence-electron chi connectivity index (χ4n) is 1.61. The molecule has 1 aromatic rings. The molecule has 0 saturated heterocycles. The van der Waals surface area contributed by atoms with Crippen LogP contribution in [0.4, 0.5) is 5.69 Å². The highest BCUT2D eigenvalue weighted by atomic mass is 16.2. The van der Waals surface area contributed by atoms with Crippen LogP contribution in [0.25, 0.3) is 0 Å². The van der Waals surface area contributed by atoms with E-state index >= 15 is 0 Å². The Morgan fingerprint density at radius 3 is 2.38 bits per heavy atom. The molecule has 1 rings (SSSR count). The minimum atomic E-state index is 0.206. The monoisotopic (exact) mass is 219 g/mol. The first-order chi connectivity index (χ1) is 7.65. The molecule has 0 unspecified atom stereocenters. The van der Waals surface area contributed by atoms with Gasteiger partial charge in [-0.3, -0.25) is 4.79 Å². The lowest BCUT2D eigenvalue weighted by molar-refractivity contribution is -0.118. The van der Waals surface area contributed by atoms with Gasteiger partial charge < -0.3 is 4.90 Å². The Bertz CT molecular complexity index is 329. The van der Waals surface area contributed by atoms with Crippen molar-refractivity contribution in [1.29, 1.82) is 0 Å². The second kappa shape index (κ2) is 6.31. The first-order valence-corrected chi connectivity index (χ1v) is 5.98. The lowest BCUT2D eigenvalue weighted by Crippen LogP contribution is -2.25. The number of hydrogen-bond donors (Lipinski definition) is 0. The van der Waals surface area contributed by atoms with Crippen molar-refractivity contribution in [3.05, 3.63) is 29.8 Å². The Morgan fingerprint density at radius 2 is 1.81 bits per heavy atom. The maximum Gasteiger partial charge on any atom is 0.226 e. The third kappa shape index (κ3) is 3.69. The van der Waals surface area contributed by atoms with Crippen molar-refractivity contribution in [2.75, 3.05) is 11.9 Å². The average Bonchev–Trinajstić information content (AvgIpc) is 2.29. The predicted molar refractivity (Wildman–Crippen MR) is 68.7 cm³/mol. The minimum absolute atomic E-state index is 0.206. The average molecular weight is 219 g/mol. The predicted octanol–water partition coefficient (Wildman–Crippen LogP) is 3.54. The summed E-state index contributed by atoms with van der Waals surface area (Å²) in [6.45, 7) is 4.20. The molecule has 88 valence electrons. The highest BCUT2D eigenvalue weighted by molar-refractivity contribution is 5.92. The van der Waals surface area contributed by atoms with Gasteiger partial charge in [-0.2, -0.15) is 0 Å². The number of rotatable bonds is 5. The van der Waals surface area contributed by atoms with Gasteiger partial charge in [-0.15, -0.1) is 0 Å². The summed E-state index contributed by atoms with van der Waals surface area (Å²) < 4.78 is 0. The van der Waals surface area contributed by atoms with Crippen LogP contribution in [0.5, 0.6) is 0 Å². The van der Waals surface area contributed by atoms with Gasteiger partial charge in [0.15, 0.2) is 0 Å². The van der Waals surface area contributed by atoms with Crippen molar-refractivity contribution in [3.8, 4) is 0 Å². The number of nitrogens with zero attached hydrogens (tertiary/aromatic N) is 1. The number of aryl methyl sites for hydroxylation is 1. The quantitative estimate of drug-likeness (QED) is 0.694. The molecule has 0 radical (unpaired) electrons. The van der Waals surface area contributed by atoms with Crippen LogP contribution in [0.3, 0.4) is 0 Å². The fourth-order valence-corrected chi connectivity index (χ4v) is 1.61. The standard InChI is InChI=1S/C14H21NO/c1-4-5-6-7-14(16)15(3)13-10-8-12(2)9-11-13/h8-11H,4-7H2,1-3H3. The molecule has 0 aliphatic carbocycles. The minimum Gasteiger partial charge on any atom is -0.316 e. The smallest absolute Gasteiger partial charge is 0.226 e. The highest BCUT2D eigenvalue weighted by Gasteiger charge is 2.09. The molecule has 2 nitrogen and oxygen atoms in total. The summed E-state index contributed by atoms with van der Waals surface area (Å²) in [4.78, 5) is 13.6. The Hall–Kier alpha value is -1.31. The van der Waals surface area contributed by atoms with Gasteiger partial charge in [0.1, 0.15) is 0 Å². The third-order valence-corrected chi connectivity index (χ3v) is 2.79. The fraction of sp³-hybridized carbons (Fsp3) is 0.500. The van der Waals surface area contributed by atoms with E-state index in [1.807, 2.05) is 38.2 Å². The van der Waals surface area contributed by atoms with Crippen LogP contribution in [0.2, 0.25) is 0 Å². The Balaban J connectivity index is 2.53. The summed E-state index contributed by atoms with van der Waals surface area (Å²) in [5.41, 5.74) is 2.20. The Morgan fingerprint density at radius 1 is 1.19 bits per heavy atom. The number of unbranched alkanes of at least 4 members (excludes halogenated alkanes) is 2. The maximum absolute atomic E-state index is 11.8. The van der Waals surface area contributed by atoms with Gasteiger partial charge in [0.2, 0.25) is 5.91 Å². The van der Waals surface area contributed by atoms with E-state index in [2.05, 4.69) is 6.92 Å². The molecule has 0 aliphatic heterocycles. The van der Waals surface area contributed by atoms with Crippen LogP contribution in [0, 0.1) is 6.92 Å². The summed E-state index contributed by atoms with van der Waals surface area (Å²) in [5, 5.41) is 0. The first kappa shape index (κ1) is 12.8. The molecule has 1 aromatic carbocycles. The van der Waals surface area contributed by atoms with E-state index in [1.165, 1.54) is 5.56 Å². The van der Waals surface area contributed by atoms with Crippen LogP contribution in [-0.2, 0) is 4.79 Å². The molecule has 0 spiro atoms. The molecule has 1 amide bonds. The third-order valence-electron chi connectivity index (χ3n) is 2.79. The van der Waals surface area contributed by atoms with Crippen LogP contribution in [-0.4, -0.2) is 13.0 Å². The highest BCUT2D eigenvalue weighted by Crippen LogP contribution is 2.15. The molecule has 2 heteroatoms. The lowest BCUT2D eigenvalue weighted by Gasteiger charge is -2.17. The molecule has 0 N–H and O–H groups in total. The van der Waals surface area contributed by atoms with Crippen LogP contribution in [0.1, 0.15) is 38.2 Å². The number of hydrogen-bond acceptors (Lipinski definition) is 1. The van der Waals surface area contributed by atoms with E-state index in [0.717, 1.165) is 24.9 Å². The Labute approximate surface area is 98.3 Å². The number of anilines is 1. The van der Waals surface area contributed by atoms with Crippen LogP contribution < -0.4 is 4.90 Å². The molecular formula is C14H21NO. The molecule has 0 aromatic heterocycles. The van der Waals surface area contributed by atoms with Gasteiger partial charge in [0.25, 0.3) is 0 Å². The zero-order valence-electron chi connectivity index (χ0n) is 10.5. The van der Waals surface area contributed by atoms with Crippen molar-refractivity contribution >= 4 is 11.6 Å². The summed E-state index contributed by atoms with van der Waals surface area (Å²) >= 11 is 0. The summed E-state index contributed by atoms with van der Waals surface area (Å²) in [6.07, 6.45) is 3.93. The normalized spacial score (nSPS) is 10.2. The number of amides is 1. The lowest BCUT2D eigenvalue weighted by atomic mass is 10.1. The summed E-state index contributed by atoms with van der Waals surface area (Å²) in [7, 11) is 1.85. The molecule has 0 bridgehead atoms. The first-order valence-electron chi connectivity index (χ1n) is 5.98. The summed E-state index contributed by atoms with van der Waals surface area (Å²) in [6, 6.07) is 8.05. The number of carbonyl (C=O) groups is 1. The Kier molecular flexibility index (Phi) is 5.03. The molecule has 16 heavy (non-hydrogen) atoms. The molecule has 0 fully saturated rings. The molecule has 0 heterocycles. The van der Waals surface area contributed by atoms with Crippen molar-refractivity contribution in [2.24, 2.45) is 0 Å². The van der Waals surface area contributed by atoms with Crippen molar-refractivity contribution in [2.45, 2.75) is 39.5 Å². The van der Waals surface area contributed by atoms with E-state index in [1.54, 1.807) is 4.90 Å². The van der Waals surface area contributed by atoms with Crippen molar-refractivity contribution in [1.82, 2.24) is 0 Å². The van der Waals surface area contributed by atoms with E-state index in [0.29, 0.717) is 6.42 Å². The number of benzene rings is 1. The van der Waals surface area contributed by atoms with Gasteiger partial charge in [-0.05, 0) is 25.5 Å². The second-order valence-corrected chi connectivity index (χ2v) is 4.25. The SMILES string of the molecule is CCCCCC(=O)N(C)c1ccc(C)cc1. The van der Waals surface area contributed by atoms with Crippen molar-refractivity contribution < 1.29 is 4.79 Å². The second-order valence-electron chi connectivity index (χ2n) is 4.25. The van der Waals surface area contributed by atoms with E-state index in [9.17, 15) is 4.79 Å². The van der Waals surface area contributed by atoms with Gasteiger partial charge >= 0.3 is 0 Å². The molecular weight excluding hydrogens is 198 g/mol. The zero-order chi connectivity index (χ0) is 12.0. The van der Waals surface area contributed by atoms with Crippen molar-refractivity contribution in [3.63, 3.8) is 0 Å². The largest absolute Gasteiger partial charge is 0.316 e. The molecule has 0 aliphatic rings. The zero-order valence-corrected chi connectivity index (χ0v) is 10.5. The van der Waals surface area contributed by atoms with Crippen LogP contribution >= 0.6 is 0 Å². The van der Waals surface area contributed by atoms with E-state index in [4.69, 9.17) is 0 Å². The van der Waals surface area contributed by atoms with Gasteiger partial charge in [-0.1, -0.05) is 37.5 Å². The topological polar surface area (TPSA) is 20.3 Å².